The highest BCUT2D eigenvalue weighted by atomic mass is 19.1. The third-order valence-electron chi connectivity index (χ3n) is 5.72. The Morgan fingerprint density at radius 1 is 1.37 bits per heavy atom. The molecule has 6 heteroatoms. The Morgan fingerprint density at radius 3 is 2.96 bits per heavy atom. The topological polar surface area (TPSA) is 47.4 Å². The predicted octanol–water partition coefficient (Wildman–Crippen LogP) is 3.30. The molecule has 1 saturated heterocycles. The standard InChI is InChI=1S/C21H26FN3O2/c1-15-4-2-7-20-23-14-19(25(15)20)18(16-5-3-6-17(22)12-16)13-21(26)24-8-10-27-11-9-24/h3,5-6,12,14-15,18H,2,4,7-11,13H2,1H3. The van der Waals surface area contributed by atoms with Crippen molar-refractivity contribution < 1.29 is 13.9 Å². The number of rotatable bonds is 4. The Morgan fingerprint density at radius 2 is 2.19 bits per heavy atom. The van der Waals surface area contributed by atoms with Gasteiger partial charge < -0.3 is 14.2 Å². The van der Waals surface area contributed by atoms with Gasteiger partial charge >= 0.3 is 0 Å². The molecule has 0 radical (unpaired) electrons. The Hall–Kier alpha value is -2.21. The van der Waals surface area contributed by atoms with Crippen LogP contribution in [0.25, 0.3) is 0 Å². The Kier molecular flexibility index (Phi) is 5.25. The van der Waals surface area contributed by atoms with Crippen molar-refractivity contribution in [2.24, 2.45) is 0 Å². The summed E-state index contributed by atoms with van der Waals surface area (Å²) in [5, 5.41) is 0. The lowest BCUT2D eigenvalue weighted by Gasteiger charge is -2.30. The molecule has 0 spiro atoms. The van der Waals surface area contributed by atoms with E-state index < -0.39 is 0 Å². The van der Waals surface area contributed by atoms with Gasteiger partial charge in [0.1, 0.15) is 11.6 Å². The fraction of sp³-hybridized carbons (Fsp3) is 0.524. The molecule has 4 rings (SSSR count). The molecule has 0 bridgehead atoms. The van der Waals surface area contributed by atoms with Crippen molar-refractivity contribution in [2.45, 2.75) is 44.6 Å². The Labute approximate surface area is 159 Å². The van der Waals surface area contributed by atoms with Crippen molar-refractivity contribution in [1.82, 2.24) is 14.5 Å². The molecular formula is C21H26FN3O2. The van der Waals surface area contributed by atoms with Gasteiger partial charge in [-0.15, -0.1) is 0 Å². The van der Waals surface area contributed by atoms with Crippen LogP contribution in [0, 0.1) is 5.82 Å². The number of ether oxygens (including phenoxy) is 1. The highest BCUT2D eigenvalue weighted by Crippen LogP contribution is 2.35. The lowest BCUT2D eigenvalue weighted by Crippen LogP contribution is -2.41. The third kappa shape index (κ3) is 3.76. The molecule has 1 aromatic heterocycles. The van der Waals surface area contributed by atoms with Crippen molar-refractivity contribution in [2.75, 3.05) is 26.3 Å². The number of fused-ring (bicyclic) bond motifs is 1. The van der Waals surface area contributed by atoms with Crippen molar-refractivity contribution in [3.05, 3.63) is 53.4 Å². The minimum absolute atomic E-state index is 0.0894. The van der Waals surface area contributed by atoms with Gasteiger partial charge in [0.2, 0.25) is 5.91 Å². The van der Waals surface area contributed by atoms with E-state index in [1.54, 1.807) is 12.1 Å². The summed E-state index contributed by atoms with van der Waals surface area (Å²) in [6, 6.07) is 6.96. The summed E-state index contributed by atoms with van der Waals surface area (Å²) in [5.41, 5.74) is 1.85. The van der Waals surface area contributed by atoms with Gasteiger partial charge in [0.15, 0.2) is 0 Å². The number of morpholine rings is 1. The number of aromatic nitrogens is 2. The van der Waals surface area contributed by atoms with E-state index >= 15 is 0 Å². The fourth-order valence-electron chi connectivity index (χ4n) is 4.28. The average molecular weight is 371 g/mol. The summed E-state index contributed by atoms with van der Waals surface area (Å²) < 4.78 is 21.6. The molecule has 0 aliphatic carbocycles. The summed E-state index contributed by atoms with van der Waals surface area (Å²) in [5.74, 6) is 0.691. The van der Waals surface area contributed by atoms with E-state index in [1.807, 2.05) is 17.2 Å². The van der Waals surface area contributed by atoms with E-state index in [4.69, 9.17) is 4.74 Å². The van der Waals surface area contributed by atoms with Gasteiger partial charge in [-0.25, -0.2) is 9.37 Å². The maximum Gasteiger partial charge on any atom is 0.223 e. The summed E-state index contributed by atoms with van der Waals surface area (Å²) in [7, 11) is 0. The second kappa shape index (κ2) is 7.80. The van der Waals surface area contributed by atoms with Crippen LogP contribution in [-0.4, -0.2) is 46.7 Å². The summed E-state index contributed by atoms with van der Waals surface area (Å²) in [6.07, 6.45) is 5.40. The van der Waals surface area contributed by atoms with Gasteiger partial charge in [-0.3, -0.25) is 4.79 Å². The van der Waals surface area contributed by atoms with E-state index in [1.165, 1.54) is 6.07 Å². The molecule has 1 amide bonds. The highest BCUT2D eigenvalue weighted by Gasteiger charge is 2.29. The first kappa shape index (κ1) is 18.2. The largest absolute Gasteiger partial charge is 0.378 e. The monoisotopic (exact) mass is 371 g/mol. The average Bonchev–Trinajstić information content (AvgIpc) is 3.12. The second-order valence-corrected chi connectivity index (χ2v) is 7.52. The van der Waals surface area contributed by atoms with Crippen LogP contribution in [0.1, 0.15) is 55.2 Å². The molecule has 0 N–H and O–H groups in total. The molecule has 2 aliphatic heterocycles. The lowest BCUT2D eigenvalue weighted by molar-refractivity contribution is -0.135. The second-order valence-electron chi connectivity index (χ2n) is 7.52. The molecule has 2 aliphatic rings. The normalized spacial score (nSPS) is 21.0. The van der Waals surface area contributed by atoms with Gasteiger partial charge in [-0.2, -0.15) is 0 Å². The molecule has 0 saturated carbocycles. The van der Waals surface area contributed by atoms with Gasteiger partial charge in [0.25, 0.3) is 0 Å². The molecule has 2 unspecified atom stereocenters. The van der Waals surface area contributed by atoms with Crippen LogP contribution in [-0.2, 0) is 16.0 Å². The molecule has 27 heavy (non-hydrogen) atoms. The van der Waals surface area contributed by atoms with Crippen LogP contribution in [0.5, 0.6) is 0 Å². The minimum atomic E-state index is -0.275. The molecule has 5 nitrogen and oxygen atoms in total. The first-order valence-corrected chi connectivity index (χ1v) is 9.80. The SMILES string of the molecule is CC1CCCc2ncc(C(CC(=O)N3CCOCC3)c3cccc(F)c3)n21. The molecule has 144 valence electrons. The molecule has 1 aromatic carbocycles. The number of hydrogen-bond donors (Lipinski definition) is 0. The van der Waals surface area contributed by atoms with Crippen LogP contribution in [0.3, 0.4) is 0 Å². The van der Waals surface area contributed by atoms with Gasteiger partial charge in [-0.1, -0.05) is 12.1 Å². The summed E-state index contributed by atoms with van der Waals surface area (Å²) in [6.45, 7) is 4.59. The number of carbonyl (C=O) groups is 1. The van der Waals surface area contributed by atoms with E-state index in [2.05, 4.69) is 16.5 Å². The first-order chi connectivity index (χ1) is 13.1. The number of amides is 1. The maximum atomic E-state index is 13.9. The Balaban J connectivity index is 1.69. The van der Waals surface area contributed by atoms with Crippen molar-refractivity contribution in [3.63, 3.8) is 0 Å². The fourth-order valence-corrected chi connectivity index (χ4v) is 4.28. The number of aryl methyl sites for hydroxylation is 1. The summed E-state index contributed by atoms with van der Waals surface area (Å²) in [4.78, 5) is 19.4. The van der Waals surface area contributed by atoms with Gasteiger partial charge in [-0.05, 0) is 37.5 Å². The zero-order chi connectivity index (χ0) is 18.8. The molecule has 1 fully saturated rings. The quantitative estimate of drug-likeness (QED) is 0.829. The van der Waals surface area contributed by atoms with Crippen LogP contribution in [0.4, 0.5) is 4.39 Å². The number of halogens is 1. The zero-order valence-corrected chi connectivity index (χ0v) is 15.7. The van der Waals surface area contributed by atoms with Crippen molar-refractivity contribution in [3.8, 4) is 0 Å². The molecule has 2 aromatic rings. The first-order valence-electron chi connectivity index (χ1n) is 9.80. The molecular weight excluding hydrogens is 345 g/mol. The number of hydrogen-bond acceptors (Lipinski definition) is 3. The third-order valence-corrected chi connectivity index (χ3v) is 5.72. The van der Waals surface area contributed by atoms with Crippen molar-refractivity contribution in [1.29, 1.82) is 0 Å². The van der Waals surface area contributed by atoms with Crippen LogP contribution in [0.2, 0.25) is 0 Å². The van der Waals surface area contributed by atoms with E-state index in [0.29, 0.717) is 38.8 Å². The smallest absolute Gasteiger partial charge is 0.223 e. The van der Waals surface area contributed by atoms with E-state index in [9.17, 15) is 9.18 Å². The van der Waals surface area contributed by atoms with Crippen LogP contribution < -0.4 is 0 Å². The van der Waals surface area contributed by atoms with E-state index in [-0.39, 0.29) is 17.6 Å². The highest BCUT2D eigenvalue weighted by molar-refractivity contribution is 5.77. The van der Waals surface area contributed by atoms with Crippen LogP contribution in [0.15, 0.2) is 30.5 Å². The van der Waals surface area contributed by atoms with Gasteiger partial charge in [0, 0.05) is 49.8 Å². The van der Waals surface area contributed by atoms with E-state index in [0.717, 1.165) is 36.3 Å². The lowest BCUT2D eigenvalue weighted by atomic mass is 9.91. The molecule has 2 atom stereocenters. The predicted molar refractivity (Wildman–Crippen MR) is 100 cm³/mol. The number of carbonyl (C=O) groups excluding carboxylic acids is 1. The zero-order valence-electron chi connectivity index (χ0n) is 15.7. The van der Waals surface area contributed by atoms with Crippen molar-refractivity contribution >= 4 is 5.91 Å². The van der Waals surface area contributed by atoms with Gasteiger partial charge in [0.05, 0.1) is 13.2 Å². The summed E-state index contributed by atoms with van der Waals surface area (Å²) >= 11 is 0. The Bertz CT molecular complexity index is 814. The minimum Gasteiger partial charge on any atom is -0.378 e. The molecule has 3 heterocycles. The van der Waals surface area contributed by atoms with Crippen LogP contribution >= 0.6 is 0 Å². The number of benzene rings is 1. The number of imidazole rings is 1. The number of nitrogens with zero attached hydrogens (tertiary/aromatic N) is 3. The maximum absolute atomic E-state index is 13.9.